The number of Topliss-reactive ketones (excluding diaryl/α,β-unsaturated/α-hetero) is 1. The molecule has 0 spiro atoms. The molecule has 1 unspecified atom stereocenters. The molecule has 14 heavy (non-hydrogen) atoms. The molecule has 0 aromatic heterocycles. The Bertz CT molecular complexity index is 352. The van der Waals surface area contributed by atoms with Crippen molar-refractivity contribution in [2.75, 3.05) is 6.26 Å². The van der Waals surface area contributed by atoms with Crippen LogP contribution in [0.4, 0.5) is 0 Å². The Labute approximate surface area is 92.3 Å². The SMILES string of the molecule is CSc1ccc(C(Cl)C(C)=O)c(O)c1. The van der Waals surface area contributed by atoms with Gasteiger partial charge in [-0.2, -0.15) is 0 Å². The van der Waals surface area contributed by atoms with Crippen LogP contribution >= 0.6 is 23.4 Å². The fourth-order valence-electron chi connectivity index (χ4n) is 1.08. The Morgan fingerprint density at radius 2 is 2.21 bits per heavy atom. The molecule has 0 radical (unpaired) electrons. The minimum absolute atomic E-state index is 0.0760. The summed E-state index contributed by atoms with van der Waals surface area (Å²) in [6.07, 6.45) is 1.91. The van der Waals surface area contributed by atoms with E-state index >= 15 is 0 Å². The summed E-state index contributed by atoms with van der Waals surface area (Å²) in [6, 6.07) is 5.12. The fraction of sp³-hybridized carbons (Fsp3) is 0.300. The second-order valence-electron chi connectivity index (χ2n) is 2.90. The van der Waals surface area contributed by atoms with Crippen molar-refractivity contribution in [1.82, 2.24) is 0 Å². The Morgan fingerprint density at radius 1 is 1.57 bits per heavy atom. The van der Waals surface area contributed by atoms with Crippen LogP contribution in [0.5, 0.6) is 5.75 Å². The molecule has 76 valence electrons. The van der Waals surface area contributed by atoms with Crippen LogP contribution in [0.2, 0.25) is 0 Å². The highest BCUT2D eigenvalue weighted by molar-refractivity contribution is 7.98. The number of phenols is 1. The van der Waals surface area contributed by atoms with Crippen molar-refractivity contribution in [2.45, 2.75) is 17.2 Å². The second-order valence-corrected chi connectivity index (χ2v) is 4.21. The van der Waals surface area contributed by atoms with E-state index in [0.717, 1.165) is 4.90 Å². The number of carbonyl (C=O) groups is 1. The molecule has 1 N–H and O–H groups in total. The molecule has 1 rings (SSSR count). The fourth-order valence-corrected chi connectivity index (χ4v) is 1.70. The van der Waals surface area contributed by atoms with Crippen LogP contribution in [0, 0.1) is 0 Å². The minimum atomic E-state index is -0.758. The van der Waals surface area contributed by atoms with Crippen molar-refractivity contribution in [3.05, 3.63) is 23.8 Å². The van der Waals surface area contributed by atoms with E-state index in [0.29, 0.717) is 5.56 Å². The molecule has 0 aliphatic rings. The largest absolute Gasteiger partial charge is 0.508 e. The average Bonchev–Trinajstić information content (AvgIpc) is 2.16. The van der Waals surface area contributed by atoms with Gasteiger partial charge in [0.2, 0.25) is 0 Å². The summed E-state index contributed by atoms with van der Waals surface area (Å²) in [6.45, 7) is 1.40. The Kier molecular flexibility index (Phi) is 3.84. The van der Waals surface area contributed by atoms with Gasteiger partial charge in [0.15, 0.2) is 5.78 Å². The number of hydrogen-bond donors (Lipinski definition) is 1. The van der Waals surface area contributed by atoms with E-state index in [-0.39, 0.29) is 11.5 Å². The monoisotopic (exact) mass is 230 g/mol. The summed E-state index contributed by atoms with van der Waals surface area (Å²) < 4.78 is 0. The summed E-state index contributed by atoms with van der Waals surface area (Å²) >= 11 is 7.35. The number of benzene rings is 1. The molecule has 1 aromatic rings. The molecule has 0 amide bonds. The molecule has 0 heterocycles. The smallest absolute Gasteiger partial charge is 0.152 e. The van der Waals surface area contributed by atoms with E-state index in [4.69, 9.17) is 11.6 Å². The molecule has 1 aromatic carbocycles. The van der Waals surface area contributed by atoms with Gasteiger partial charge < -0.3 is 5.11 Å². The number of thioether (sulfide) groups is 1. The first kappa shape index (κ1) is 11.4. The first-order valence-corrected chi connectivity index (χ1v) is 5.73. The summed E-state index contributed by atoms with van der Waals surface area (Å²) in [5.41, 5.74) is 0.469. The highest BCUT2D eigenvalue weighted by Crippen LogP contribution is 2.32. The molecule has 0 aliphatic heterocycles. The molecular formula is C10H11ClO2S. The van der Waals surface area contributed by atoms with Gasteiger partial charge in [-0.05, 0) is 25.3 Å². The predicted molar refractivity (Wildman–Crippen MR) is 59.2 cm³/mol. The molecule has 0 saturated heterocycles. The number of hydrogen-bond acceptors (Lipinski definition) is 3. The van der Waals surface area contributed by atoms with Crippen molar-refractivity contribution in [2.24, 2.45) is 0 Å². The van der Waals surface area contributed by atoms with Crippen LogP contribution in [0.15, 0.2) is 23.1 Å². The number of rotatable bonds is 3. The van der Waals surface area contributed by atoms with Crippen molar-refractivity contribution in [1.29, 1.82) is 0 Å². The van der Waals surface area contributed by atoms with Crippen LogP contribution in [-0.4, -0.2) is 17.1 Å². The summed E-state index contributed by atoms with van der Waals surface area (Å²) in [4.78, 5) is 11.9. The van der Waals surface area contributed by atoms with Crippen molar-refractivity contribution in [3.63, 3.8) is 0 Å². The highest BCUT2D eigenvalue weighted by Gasteiger charge is 2.16. The maximum atomic E-state index is 11.0. The molecule has 2 nitrogen and oxygen atoms in total. The van der Waals surface area contributed by atoms with Gasteiger partial charge in [0.1, 0.15) is 11.1 Å². The minimum Gasteiger partial charge on any atom is -0.508 e. The lowest BCUT2D eigenvalue weighted by Gasteiger charge is -2.09. The number of aromatic hydroxyl groups is 1. The molecule has 4 heteroatoms. The molecule has 0 saturated carbocycles. The van der Waals surface area contributed by atoms with Gasteiger partial charge in [-0.15, -0.1) is 23.4 Å². The van der Waals surface area contributed by atoms with Gasteiger partial charge in [0.05, 0.1) is 0 Å². The molecule has 0 bridgehead atoms. The van der Waals surface area contributed by atoms with Gasteiger partial charge in [-0.25, -0.2) is 0 Å². The third-order valence-electron chi connectivity index (χ3n) is 1.87. The number of ketones is 1. The van der Waals surface area contributed by atoms with Gasteiger partial charge in [-0.3, -0.25) is 4.79 Å². The maximum Gasteiger partial charge on any atom is 0.152 e. The van der Waals surface area contributed by atoms with Crippen molar-refractivity contribution < 1.29 is 9.90 Å². The maximum absolute atomic E-state index is 11.0. The zero-order valence-electron chi connectivity index (χ0n) is 7.95. The predicted octanol–water partition coefficient (Wildman–Crippen LogP) is 2.98. The van der Waals surface area contributed by atoms with E-state index in [1.165, 1.54) is 18.7 Å². The van der Waals surface area contributed by atoms with Crippen LogP contribution < -0.4 is 0 Å². The van der Waals surface area contributed by atoms with E-state index < -0.39 is 5.38 Å². The summed E-state index contributed by atoms with van der Waals surface area (Å²) in [5.74, 6) is -0.0917. The van der Waals surface area contributed by atoms with E-state index in [1.807, 2.05) is 12.3 Å². The van der Waals surface area contributed by atoms with Crippen LogP contribution in [0.3, 0.4) is 0 Å². The molecular weight excluding hydrogens is 220 g/mol. The normalized spacial score (nSPS) is 12.5. The summed E-state index contributed by atoms with van der Waals surface area (Å²) in [7, 11) is 0. The van der Waals surface area contributed by atoms with Gasteiger partial charge in [0.25, 0.3) is 0 Å². The Hall–Kier alpha value is -0.670. The summed E-state index contributed by atoms with van der Waals surface area (Å²) in [5, 5.41) is 8.83. The van der Waals surface area contributed by atoms with Crippen LogP contribution in [0.25, 0.3) is 0 Å². The number of alkyl halides is 1. The van der Waals surface area contributed by atoms with Crippen LogP contribution in [0.1, 0.15) is 17.9 Å². The second kappa shape index (κ2) is 4.71. The van der Waals surface area contributed by atoms with Crippen molar-refractivity contribution >= 4 is 29.1 Å². The number of phenolic OH excluding ortho intramolecular Hbond substituents is 1. The van der Waals surface area contributed by atoms with Gasteiger partial charge in [-0.1, -0.05) is 6.07 Å². The highest BCUT2D eigenvalue weighted by atomic mass is 35.5. The molecule has 0 fully saturated rings. The third-order valence-corrected chi connectivity index (χ3v) is 3.14. The van der Waals surface area contributed by atoms with Gasteiger partial charge in [0, 0.05) is 10.5 Å². The zero-order valence-corrected chi connectivity index (χ0v) is 9.52. The quantitative estimate of drug-likeness (QED) is 0.641. The zero-order chi connectivity index (χ0) is 10.7. The number of carbonyl (C=O) groups excluding carboxylic acids is 1. The van der Waals surface area contributed by atoms with Crippen LogP contribution in [-0.2, 0) is 4.79 Å². The average molecular weight is 231 g/mol. The first-order chi connectivity index (χ1) is 6.56. The lowest BCUT2D eigenvalue weighted by Crippen LogP contribution is -2.01. The van der Waals surface area contributed by atoms with E-state index in [9.17, 15) is 9.90 Å². The van der Waals surface area contributed by atoms with E-state index in [2.05, 4.69) is 0 Å². The standard InChI is InChI=1S/C10H11ClO2S/c1-6(12)10(11)8-4-3-7(14-2)5-9(8)13/h3-5,10,13H,1-2H3. The van der Waals surface area contributed by atoms with Crippen molar-refractivity contribution in [3.8, 4) is 5.75 Å². The van der Waals surface area contributed by atoms with E-state index in [1.54, 1.807) is 12.1 Å². The lowest BCUT2D eigenvalue weighted by atomic mass is 10.1. The Morgan fingerprint density at radius 3 is 2.64 bits per heavy atom. The molecule has 1 atom stereocenters. The molecule has 0 aliphatic carbocycles. The lowest BCUT2D eigenvalue weighted by molar-refractivity contribution is -0.116. The first-order valence-electron chi connectivity index (χ1n) is 4.07. The Balaban J connectivity index is 3.05. The topological polar surface area (TPSA) is 37.3 Å². The number of halogens is 1. The third kappa shape index (κ3) is 2.42. The van der Waals surface area contributed by atoms with Gasteiger partial charge >= 0.3 is 0 Å².